The van der Waals surface area contributed by atoms with Crippen molar-refractivity contribution in [1.82, 2.24) is 0 Å². The summed E-state index contributed by atoms with van der Waals surface area (Å²) in [7, 11) is 1.72. The van der Waals surface area contributed by atoms with E-state index in [0.29, 0.717) is 24.0 Å². The maximum absolute atomic E-state index is 7.08. The van der Waals surface area contributed by atoms with E-state index in [0.717, 1.165) is 30.7 Å². The number of rotatable bonds is 7. The Labute approximate surface area is 210 Å². The molecule has 3 nitrogen and oxygen atoms in total. The van der Waals surface area contributed by atoms with Crippen LogP contribution in [0.15, 0.2) is 54.6 Å². The molecule has 3 aliphatic rings. The number of halogens is 1. The quantitative estimate of drug-likeness (QED) is 0.529. The van der Waals surface area contributed by atoms with E-state index in [1.807, 2.05) is 12.1 Å². The summed E-state index contributed by atoms with van der Waals surface area (Å²) >= 11 is 0. The first-order chi connectivity index (χ1) is 15.3. The lowest BCUT2D eigenvalue weighted by molar-refractivity contribution is -0.968. The summed E-state index contributed by atoms with van der Waals surface area (Å²) in [6.45, 7) is 14.2. The van der Waals surface area contributed by atoms with Gasteiger partial charge in [-0.3, -0.25) is 0 Å². The molecule has 2 aromatic rings. The maximum atomic E-state index is 7.08. The molecule has 0 bridgehead atoms. The Morgan fingerprint density at radius 2 is 1.70 bits per heavy atom. The van der Waals surface area contributed by atoms with Gasteiger partial charge < -0.3 is 30.9 Å². The van der Waals surface area contributed by atoms with Gasteiger partial charge in [-0.15, -0.1) is 0 Å². The Hall–Kier alpha value is -1.36. The standard InChI is InChI=1S/C29H40NO2.BrH/c1-21(2)29(32-19-24-11-13-25(31-5)14-12-24)20-30(18-23-9-7-6-8-10-23)17-22(3)26-15-16-27(29)28(26,30)4;/h6-14,21-22,26-27H,15-20H2,1-5H3;1H/q+1;/p-1/t22-,26+,27+,28-,29+,30-;/m1./s1. The van der Waals surface area contributed by atoms with Crippen LogP contribution < -0.4 is 21.7 Å². The van der Waals surface area contributed by atoms with Gasteiger partial charge in [0.1, 0.15) is 30.0 Å². The Kier molecular flexibility index (Phi) is 6.76. The highest BCUT2D eigenvalue weighted by Gasteiger charge is 2.78. The zero-order chi connectivity index (χ0) is 22.6. The van der Waals surface area contributed by atoms with Crippen molar-refractivity contribution in [3.8, 4) is 5.75 Å². The van der Waals surface area contributed by atoms with E-state index in [9.17, 15) is 0 Å². The highest BCUT2D eigenvalue weighted by Crippen LogP contribution is 2.67. The van der Waals surface area contributed by atoms with E-state index in [-0.39, 0.29) is 22.6 Å². The Bertz CT molecular complexity index is 948. The molecule has 3 fully saturated rings. The van der Waals surface area contributed by atoms with Crippen molar-refractivity contribution in [1.29, 1.82) is 0 Å². The van der Waals surface area contributed by atoms with Crippen molar-refractivity contribution in [2.24, 2.45) is 23.7 Å². The first-order valence-electron chi connectivity index (χ1n) is 12.5. The van der Waals surface area contributed by atoms with Gasteiger partial charge in [0, 0.05) is 23.3 Å². The molecule has 2 aromatic carbocycles. The molecule has 180 valence electrons. The van der Waals surface area contributed by atoms with Crippen molar-refractivity contribution in [3.63, 3.8) is 0 Å². The molecule has 0 amide bonds. The number of quaternary nitrogens is 1. The second kappa shape index (κ2) is 9.02. The predicted octanol–water partition coefficient (Wildman–Crippen LogP) is 3.08. The molecule has 0 unspecified atom stereocenters. The van der Waals surface area contributed by atoms with E-state index in [4.69, 9.17) is 9.47 Å². The third kappa shape index (κ3) is 3.68. The van der Waals surface area contributed by atoms with Crippen LogP contribution in [-0.4, -0.2) is 35.8 Å². The molecule has 2 heterocycles. The van der Waals surface area contributed by atoms with Gasteiger partial charge in [-0.2, -0.15) is 0 Å². The third-order valence-corrected chi connectivity index (χ3v) is 9.68. The first-order valence-corrected chi connectivity index (χ1v) is 12.5. The van der Waals surface area contributed by atoms with Crippen LogP contribution in [0.2, 0.25) is 0 Å². The summed E-state index contributed by atoms with van der Waals surface area (Å²) in [5, 5.41) is 0. The van der Waals surface area contributed by atoms with Crippen LogP contribution in [0.1, 0.15) is 51.7 Å². The van der Waals surface area contributed by atoms with Crippen LogP contribution in [0.3, 0.4) is 0 Å². The van der Waals surface area contributed by atoms with Crippen molar-refractivity contribution in [2.75, 3.05) is 20.2 Å². The molecule has 0 N–H and O–H groups in total. The van der Waals surface area contributed by atoms with E-state index >= 15 is 0 Å². The van der Waals surface area contributed by atoms with E-state index in [1.165, 1.54) is 35.0 Å². The molecule has 2 aliphatic heterocycles. The van der Waals surface area contributed by atoms with Crippen molar-refractivity contribution >= 4 is 0 Å². The number of ether oxygens (including phenoxy) is 2. The topological polar surface area (TPSA) is 18.5 Å². The van der Waals surface area contributed by atoms with Crippen LogP contribution in [0.4, 0.5) is 0 Å². The summed E-state index contributed by atoms with van der Waals surface area (Å²) in [5.41, 5.74) is 2.94. The van der Waals surface area contributed by atoms with E-state index in [1.54, 1.807) is 7.11 Å². The summed E-state index contributed by atoms with van der Waals surface area (Å²) in [5.74, 6) is 3.61. The Balaban J connectivity index is 0.00000259. The molecule has 4 heteroatoms. The lowest BCUT2D eigenvalue weighted by Gasteiger charge is -2.43. The SMILES string of the molecule is COc1ccc(CO[C@]2(C(C)C)C[N@+]3(Cc4ccccc4)C[C@@H](C)[C@@H]4CC[C@H]2[C@@]43C)cc1.[Br-]. The van der Waals surface area contributed by atoms with Crippen molar-refractivity contribution in [3.05, 3.63) is 65.7 Å². The smallest absolute Gasteiger partial charge is 0.128 e. The lowest BCUT2D eigenvalue weighted by atomic mass is 9.72. The zero-order valence-corrected chi connectivity index (χ0v) is 22.5. The Morgan fingerprint density at radius 3 is 2.33 bits per heavy atom. The lowest BCUT2D eigenvalue weighted by Crippen LogP contribution is -3.00. The fraction of sp³-hybridized carbons (Fsp3) is 0.586. The monoisotopic (exact) mass is 513 g/mol. The van der Waals surface area contributed by atoms with Gasteiger partial charge in [-0.1, -0.05) is 63.2 Å². The van der Waals surface area contributed by atoms with Gasteiger partial charge in [-0.25, -0.2) is 0 Å². The normalized spacial score (nSPS) is 36.6. The average molecular weight is 515 g/mol. The van der Waals surface area contributed by atoms with Crippen LogP contribution >= 0.6 is 0 Å². The fourth-order valence-electron chi connectivity index (χ4n) is 8.23. The predicted molar refractivity (Wildman–Crippen MR) is 129 cm³/mol. The van der Waals surface area contributed by atoms with E-state index < -0.39 is 0 Å². The third-order valence-electron chi connectivity index (χ3n) is 9.68. The van der Waals surface area contributed by atoms with Crippen molar-refractivity contribution < 1.29 is 30.9 Å². The van der Waals surface area contributed by atoms with Crippen LogP contribution in [-0.2, 0) is 17.9 Å². The minimum Gasteiger partial charge on any atom is -1.00 e. The molecular formula is C29H40BrNO2. The van der Waals surface area contributed by atoms with Crippen molar-refractivity contribution in [2.45, 2.75) is 64.8 Å². The van der Waals surface area contributed by atoms with Crippen LogP contribution in [0, 0.1) is 23.7 Å². The summed E-state index contributed by atoms with van der Waals surface area (Å²) in [6.07, 6.45) is 2.67. The molecule has 2 saturated heterocycles. The second-order valence-electron chi connectivity index (χ2n) is 11.3. The van der Waals surface area contributed by atoms with Gasteiger partial charge in [0.25, 0.3) is 0 Å². The van der Waals surface area contributed by atoms with Crippen LogP contribution in [0.5, 0.6) is 5.75 Å². The summed E-state index contributed by atoms with van der Waals surface area (Å²) in [4.78, 5) is 0. The summed E-state index contributed by atoms with van der Waals surface area (Å²) in [6, 6.07) is 19.6. The maximum Gasteiger partial charge on any atom is 0.128 e. The number of methoxy groups -OCH3 is 1. The van der Waals surface area contributed by atoms with Gasteiger partial charge in [0.2, 0.25) is 0 Å². The molecular weight excluding hydrogens is 474 g/mol. The number of hydrogen-bond acceptors (Lipinski definition) is 2. The number of benzene rings is 2. The highest BCUT2D eigenvalue weighted by molar-refractivity contribution is 5.27. The largest absolute Gasteiger partial charge is 1.00 e. The molecule has 6 atom stereocenters. The molecule has 1 saturated carbocycles. The zero-order valence-electron chi connectivity index (χ0n) is 20.9. The molecule has 0 aromatic heterocycles. The molecule has 1 aliphatic carbocycles. The Morgan fingerprint density at radius 1 is 1.00 bits per heavy atom. The van der Waals surface area contributed by atoms with Gasteiger partial charge >= 0.3 is 0 Å². The molecule has 33 heavy (non-hydrogen) atoms. The molecule has 0 spiro atoms. The summed E-state index contributed by atoms with van der Waals surface area (Å²) < 4.78 is 13.6. The number of nitrogens with zero attached hydrogens (tertiary/aromatic N) is 1. The van der Waals surface area contributed by atoms with E-state index in [2.05, 4.69) is 70.2 Å². The minimum absolute atomic E-state index is 0. The molecule has 5 rings (SSSR count). The van der Waals surface area contributed by atoms with Gasteiger partial charge in [0.05, 0.1) is 20.3 Å². The second-order valence-corrected chi connectivity index (χ2v) is 11.3. The highest BCUT2D eigenvalue weighted by atomic mass is 79.9. The number of hydrogen-bond donors (Lipinski definition) is 0. The van der Waals surface area contributed by atoms with Crippen LogP contribution in [0.25, 0.3) is 0 Å². The minimum atomic E-state index is -0.0711. The molecule has 0 radical (unpaired) electrons. The fourth-order valence-corrected chi connectivity index (χ4v) is 8.23. The van der Waals surface area contributed by atoms with Gasteiger partial charge in [-0.05, 0) is 43.4 Å². The average Bonchev–Trinajstić information content (AvgIpc) is 3.33. The first kappa shape index (κ1) is 24.8. The van der Waals surface area contributed by atoms with Gasteiger partial charge in [0.15, 0.2) is 0 Å².